The minimum Gasteiger partial charge on any atom is -0.302 e. The number of rotatable bonds is 5. The second-order valence-electron chi connectivity index (χ2n) is 6.30. The van der Waals surface area contributed by atoms with Crippen LogP contribution < -0.4 is 0 Å². The number of aromatic nitrogens is 1. The van der Waals surface area contributed by atoms with E-state index in [1.165, 1.54) is 58.3 Å². The zero-order valence-corrected chi connectivity index (χ0v) is 15.4. The van der Waals surface area contributed by atoms with Crippen molar-refractivity contribution >= 4 is 33.3 Å². The summed E-state index contributed by atoms with van der Waals surface area (Å²) in [5.74, 6) is 1.83. The third-order valence-corrected chi connectivity index (χ3v) is 6.86. The van der Waals surface area contributed by atoms with Gasteiger partial charge in [-0.05, 0) is 50.2 Å². The summed E-state index contributed by atoms with van der Waals surface area (Å²) in [6.45, 7) is 3.60. The molecule has 0 unspecified atom stereocenters. The molecule has 0 atom stereocenters. The molecular formula is C20H22N2S2. The maximum Gasteiger partial charge on any atom is 0.0970 e. The first-order valence-corrected chi connectivity index (χ1v) is 10.4. The van der Waals surface area contributed by atoms with Crippen molar-refractivity contribution in [2.24, 2.45) is 0 Å². The van der Waals surface area contributed by atoms with Crippen molar-refractivity contribution in [3.8, 4) is 0 Å². The normalized spacial score (nSPS) is 16.7. The van der Waals surface area contributed by atoms with Gasteiger partial charge >= 0.3 is 0 Å². The van der Waals surface area contributed by atoms with Crippen LogP contribution in [-0.4, -0.2) is 35.3 Å². The molecule has 0 bridgehead atoms. The van der Waals surface area contributed by atoms with Crippen molar-refractivity contribution in [2.75, 3.05) is 25.4 Å². The van der Waals surface area contributed by atoms with Gasteiger partial charge in [-0.15, -0.1) is 23.1 Å². The largest absolute Gasteiger partial charge is 0.302 e. The van der Waals surface area contributed by atoms with E-state index in [-0.39, 0.29) is 0 Å². The van der Waals surface area contributed by atoms with E-state index in [4.69, 9.17) is 4.98 Å². The Bertz CT molecular complexity index is 743. The number of piperidine rings is 1. The highest BCUT2D eigenvalue weighted by atomic mass is 32.2. The molecule has 3 aromatic rings. The lowest BCUT2D eigenvalue weighted by Crippen LogP contribution is -2.34. The maximum absolute atomic E-state index is 4.86. The monoisotopic (exact) mass is 354 g/mol. The Morgan fingerprint density at radius 2 is 1.75 bits per heavy atom. The quantitative estimate of drug-likeness (QED) is 0.581. The molecule has 1 aromatic heterocycles. The van der Waals surface area contributed by atoms with Gasteiger partial charge in [-0.2, -0.15) is 0 Å². The van der Waals surface area contributed by atoms with E-state index in [0.29, 0.717) is 5.92 Å². The molecule has 0 radical (unpaired) electrons. The average molecular weight is 355 g/mol. The fourth-order valence-corrected chi connectivity index (χ4v) is 5.35. The van der Waals surface area contributed by atoms with E-state index in [1.807, 2.05) is 23.1 Å². The summed E-state index contributed by atoms with van der Waals surface area (Å²) in [4.78, 5) is 8.85. The molecule has 4 heteroatoms. The molecular weight excluding hydrogens is 332 g/mol. The van der Waals surface area contributed by atoms with Gasteiger partial charge in [0.1, 0.15) is 0 Å². The van der Waals surface area contributed by atoms with Gasteiger partial charge in [-0.25, -0.2) is 4.98 Å². The zero-order valence-electron chi connectivity index (χ0n) is 13.7. The van der Waals surface area contributed by atoms with Crippen molar-refractivity contribution in [3.05, 3.63) is 59.6 Å². The van der Waals surface area contributed by atoms with Gasteiger partial charge in [0.05, 0.1) is 15.2 Å². The highest BCUT2D eigenvalue weighted by Gasteiger charge is 2.23. The molecule has 2 aromatic carbocycles. The second kappa shape index (κ2) is 7.68. The van der Waals surface area contributed by atoms with Crippen LogP contribution in [0.25, 0.3) is 10.2 Å². The summed E-state index contributed by atoms with van der Waals surface area (Å²) in [6.07, 6.45) is 2.49. The smallest absolute Gasteiger partial charge is 0.0970 e. The van der Waals surface area contributed by atoms with Gasteiger partial charge in [-0.3, -0.25) is 0 Å². The molecule has 1 fully saturated rings. The van der Waals surface area contributed by atoms with E-state index in [0.717, 1.165) is 0 Å². The van der Waals surface area contributed by atoms with Gasteiger partial charge in [0.2, 0.25) is 0 Å². The molecule has 0 amide bonds. The summed E-state index contributed by atoms with van der Waals surface area (Å²) in [5.41, 5.74) is 1.17. The Kier molecular flexibility index (Phi) is 5.16. The predicted octanol–water partition coefficient (Wildman–Crippen LogP) is 5.27. The lowest BCUT2D eigenvalue weighted by Gasteiger charge is -2.30. The van der Waals surface area contributed by atoms with Crippen molar-refractivity contribution in [2.45, 2.75) is 23.7 Å². The molecule has 0 spiro atoms. The molecule has 1 aliphatic heterocycles. The van der Waals surface area contributed by atoms with E-state index in [1.54, 1.807) is 0 Å². The second-order valence-corrected chi connectivity index (χ2v) is 8.53. The first kappa shape index (κ1) is 16.1. The number of fused-ring (bicyclic) bond motifs is 1. The van der Waals surface area contributed by atoms with Crippen LogP contribution in [0.5, 0.6) is 0 Å². The van der Waals surface area contributed by atoms with Gasteiger partial charge in [-0.1, -0.05) is 30.3 Å². The Labute approximate surface area is 151 Å². The van der Waals surface area contributed by atoms with Gasteiger partial charge in [0.15, 0.2) is 0 Å². The average Bonchev–Trinajstić information content (AvgIpc) is 3.07. The van der Waals surface area contributed by atoms with Crippen LogP contribution in [0.2, 0.25) is 0 Å². The number of likely N-dealkylation sites (tertiary alicyclic amines) is 1. The standard InChI is InChI=1S/C20H22N2S2/c1-2-6-17(7-3-1)23-15-14-22-12-10-16(11-13-22)20-21-18-8-4-5-9-19(18)24-20/h1-9,16H,10-15H2. The Morgan fingerprint density at radius 1 is 1.00 bits per heavy atom. The highest BCUT2D eigenvalue weighted by molar-refractivity contribution is 7.99. The molecule has 124 valence electrons. The first-order chi connectivity index (χ1) is 11.9. The van der Waals surface area contributed by atoms with Crippen molar-refractivity contribution in [1.29, 1.82) is 0 Å². The van der Waals surface area contributed by atoms with E-state index in [2.05, 4.69) is 59.5 Å². The molecule has 4 rings (SSSR count). The van der Waals surface area contributed by atoms with Crippen LogP contribution in [0.15, 0.2) is 59.5 Å². The fourth-order valence-electron chi connectivity index (χ4n) is 3.28. The Morgan fingerprint density at radius 3 is 2.54 bits per heavy atom. The minimum atomic E-state index is 0.653. The number of thiazole rings is 1. The van der Waals surface area contributed by atoms with Crippen molar-refractivity contribution in [1.82, 2.24) is 9.88 Å². The number of hydrogen-bond acceptors (Lipinski definition) is 4. The molecule has 1 aliphatic rings. The highest BCUT2D eigenvalue weighted by Crippen LogP contribution is 2.33. The lowest BCUT2D eigenvalue weighted by molar-refractivity contribution is 0.224. The minimum absolute atomic E-state index is 0.653. The van der Waals surface area contributed by atoms with Crippen LogP contribution in [0.1, 0.15) is 23.8 Å². The maximum atomic E-state index is 4.86. The Hall–Kier alpha value is -1.36. The number of thioether (sulfide) groups is 1. The number of nitrogens with zero attached hydrogens (tertiary/aromatic N) is 2. The van der Waals surface area contributed by atoms with Gasteiger partial charge in [0.25, 0.3) is 0 Å². The molecule has 0 saturated carbocycles. The van der Waals surface area contributed by atoms with Gasteiger partial charge in [0, 0.05) is 23.1 Å². The summed E-state index contributed by atoms with van der Waals surface area (Å²) >= 11 is 3.85. The molecule has 2 heterocycles. The summed E-state index contributed by atoms with van der Waals surface area (Å²) < 4.78 is 1.33. The van der Waals surface area contributed by atoms with Crippen molar-refractivity contribution in [3.63, 3.8) is 0 Å². The fraction of sp³-hybridized carbons (Fsp3) is 0.350. The number of hydrogen-bond donors (Lipinski definition) is 0. The molecule has 24 heavy (non-hydrogen) atoms. The van der Waals surface area contributed by atoms with E-state index < -0.39 is 0 Å². The lowest BCUT2D eigenvalue weighted by atomic mass is 9.98. The van der Waals surface area contributed by atoms with Crippen LogP contribution in [0, 0.1) is 0 Å². The van der Waals surface area contributed by atoms with Crippen LogP contribution in [-0.2, 0) is 0 Å². The summed E-state index contributed by atoms with van der Waals surface area (Å²) in [6, 6.07) is 19.2. The van der Waals surface area contributed by atoms with Crippen molar-refractivity contribution < 1.29 is 0 Å². The zero-order chi connectivity index (χ0) is 16.2. The number of para-hydroxylation sites is 1. The van der Waals surface area contributed by atoms with E-state index in [9.17, 15) is 0 Å². The van der Waals surface area contributed by atoms with Crippen LogP contribution >= 0.6 is 23.1 Å². The summed E-state index contributed by atoms with van der Waals surface area (Å²) in [7, 11) is 0. The van der Waals surface area contributed by atoms with E-state index >= 15 is 0 Å². The predicted molar refractivity (Wildman–Crippen MR) is 105 cm³/mol. The number of benzene rings is 2. The molecule has 1 saturated heterocycles. The van der Waals surface area contributed by atoms with Crippen LogP contribution in [0.3, 0.4) is 0 Å². The molecule has 2 nitrogen and oxygen atoms in total. The molecule has 0 N–H and O–H groups in total. The first-order valence-electron chi connectivity index (χ1n) is 8.64. The topological polar surface area (TPSA) is 16.1 Å². The Balaban J connectivity index is 1.27. The SMILES string of the molecule is c1ccc(SCCN2CCC(c3nc4ccccc4s3)CC2)cc1. The third-order valence-electron chi connectivity index (χ3n) is 4.67. The summed E-state index contributed by atoms with van der Waals surface area (Å²) in [5, 5.41) is 1.34. The van der Waals surface area contributed by atoms with Gasteiger partial charge < -0.3 is 4.90 Å². The molecule has 0 aliphatic carbocycles. The third kappa shape index (κ3) is 3.82. The van der Waals surface area contributed by atoms with Crippen LogP contribution in [0.4, 0.5) is 0 Å².